The monoisotopic (exact) mass is 275 g/mol. The highest BCUT2D eigenvalue weighted by molar-refractivity contribution is 5.94. The number of hydrogen-bond donors (Lipinski definition) is 1. The fourth-order valence-electron chi connectivity index (χ4n) is 2.90. The number of hydrogen-bond acceptors (Lipinski definition) is 3. The summed E-state index contributed by atoms with van der Waals surface area (Å²) in [5.41, 5.74) is 7.07. The van der Waals surface area contributed by atoms with Gasteiger partial charge in [0.05, 0.1) is 5.69 Å². The largest absolute Gasteiger partial charge is 0.339 e. The van der Waals surface area contributed by atoms with Gasteiger partial charge >= 0.3 is 0 Å². The van der Waals surface area contributed by atoms with Gasteiger partial charge in [-0.2, -0.15) is 0 Å². The van der Waals surface area contributed by atoms with Crippen LogP contribution in [0.1, 0.15) is 49.2 Å². The number of nitrogens with zero attached hydrogens (tertiary/aromatic N) is 2. The zero-order valence-electron chi connectivity index (χ0n) is 12.5. The van der Waals surface area contributed by atoms with Gasteiger partial charge in [-0.3, -0.25) is 9.78 Å². The predicted octanol–water partition coefficient (Wildman–Crippen LogP) is 2.44. The van der Waals surface area contributed by atoms with Gasteiger partial charge in [0, 0.05) is 31.4 Å². The number of rotatable bonds is 3. The maximum Gasteiger partial charge on any atom is 0.253 e. The fraction of sp³-hybridized carbons (Fsp3) is 0.625. The lowest BCUT2D eigenvalue weighted by molar-refractivity contribution is 0.0758. The summed E-state index contributed by atoms with van der Waals surface area (Å²) in [6, 6.07) is 3.60. The first kappa shape index (κ1) is 15.0. The van der Waals surface area contributed by atoms with Gasteiger partial charge in [-0.1, -0.05) is 13.8 Å². The van der Waals surface area contributed by atoms with E-state index in [-0.39, 0.29) is 5.91 Å². The second-order valence-electron chi connectivity index (χ2n) is 5.97. The smallest absolute Gasteiger partial charge is 0.253 e. The molecule has 1 unspecified atom stereocenters. The summed E-state index contributed by atoms with van der Waals surface area (Å²) in [6.45, 7) is 6.65. The van der Waals surface area contributed by atoms with Crippen molar-refractivity contribution < 1.29 is 4.79 Å². The minimum absolute atomic E-state index is 0.117. The third kappa shape index (κ3) is 3.57. The zero-order valence-corrected chi connectivity index (χ0v) is 12.5. The minimum Gasteiger partial charge on any atom is -0.339 e. The molecule has 0 radical (unpaired) electrons. The third-order valence-electron chi connectivity index (χ3n) is 4.28. The van der Waals surface area contributed by atoms with E-state index in [1.54, 1.807) is 12.3 Å². The van der Waals surface area contributed by atoms with Crippen molar-refractivity contribution in [1.82, 2.24) is 9.88 Å². The van der Waals surface area contributed by atoms with Crippen LogP contribution < -0.4 is 5.73 Å². The van der Waals surface area contributed by atoms with Crippen molar-refractivity contribution in [2.75, 3.05) is 13.1 Å². The Morgan fingerprint density at radius 1 is 1.45 bits per heavy atom. The second-order valence-corrected chi connectivity index (χ2v) is 5.97. The van der Waals surface area contributed by atoms with Crippen LogP contribution in [0.15, 0.2) is 18.3 Å². The highest BCUT2D eigenvalue weighted by Gasteiger charge is 2.23. The van der Waals surface area contributed by atoms with Crippen molar-refractivity contribution in [1.29, 1.82) is 0 Å². The van der Waals surface area contributed by atoms with E-state index >= 15 is 0 Å². The second kappa shape index (κ2) is 6.84. The first-order valence-electron chi connectivity index (χ1n) is 7.56. The molecule has 4 nitrogen and oxygen atoms in total. The highest BCUT2D eigenvalue weighted by Crippen LogP contribution is 2.25. The van der Waals surface area contributed by atoms with E-state index in [1.165, 1.54) is 6.42 Å². The number of likely N-dealkylation sites (tertiary alicyclic amines) is 1. The minimum atomic E-state index is 0.117. The van der Waals surface area contributed by atoms with E-state index in [2.05, 4.69) is 18.8 Å². The molecular formula is C16H25N3O. The van der Waals surface area contributed by atoms with Crippen molar-refractivity contribution >= 4 is 5.91 Å². The van der Waals surface area contributed by atoms with E-state index in [9.17, 15) is 4.79 Å². The molecule has 4 heteroatoms. The first-order chi connectivity index (χ1) is 9.61. The van der Waals surface area contributed by atoms with Crippen LogP contribution in [0.3, 0.4) is 0 Å². The van der Waals surface area contributed by atoms with E-state index in [0.29, 0.717) is 18.0 Å². The summed E-state index contributed by atoms with van der Waals surface area (Å²) in [5.74, 6) is 1.56. The number of pyridine rings is 1. The molecule has 0 aliphatic carbocycles. The Bertz CT molecular complexity index is 459. The topological polar surface area (TPSA) is 59.2 Å². The number of aromatic nitrogens is 1. The molecule has 1 aliphatic heterocycles. The standard InChI is InChI=1S/C16H25N3O/c1-12(2)13-4-3-8-19(9-6-13)16(20)14-5-7-18-15(10-14)11-17/h5,7,10,12-13H,3-4,6,8-9,11,17H2,1-2H3. The van der Waals surface area contributed by atoms with Gasteiger partial charge in [0.2, 0.25) is 0 Å². The van der Waals surface area contributed by atoms with Gasteiger partial charge in [0.1, 0.15) is 0 Å². The molecule has 1 aliphatic rings. The molecule has 1 aromatic heterocycles. The van der Waals surface area contributed by atoms with E-state index in [1.807, 2.05) is 11.0 Å². The number of carbonyl (C=O) groups excluding carboxylic acids is 1. The molecule has 2 N–H and O–H groups in total. The highest BCUT2D eigenvalue weighted by atomic mass is 16.2. The molecule has 1 fully saturated rings. The molecule has 1 aromatic rings. The van der Waals surface area contributed by atoms with Crippen molar-refractivity contribution in [3.05, 3.63) is 29.6 Å². The predicted molar refractivity (Wildman–Crippen MR) is 80.2 cm³/mol. The summed E-state index contributed by atoms with van der Waals surface area (Å²) < 4.78 is 0. The maximum atomic E-state index is 12.6. The SMILES string of the molecule is CC(C)C1CCCN(C(=O)c2ccnc(CN)c2)CC1. The van der Waals surface area contributed by atoms with Gasteiger partial charge in [-0.25, -0.2) is 0 Å². The van der Waals surface area contributed by atoms with Gasteiger partial charge < -0.3 is 10.6 Å². The Morgan fingerprint density at radius 3 is 2.95 bits per heavy atom. The lowest BCUT2D eigenvalue weighted by Crippen LogP contribution is -2.32. The number of nitrogens with two attached hydrogens (primary N) is 1. The summed E-state index contributed by atoms with van der Waals surface area (Å²) in [4.78, 5) is 18.7. The van der Waals surface area contributed by atoms with Crippen molar-refractivity contribution in [3.63, 3.8) is 0 Å². The molecular weight excluding hydrogens is 250 g/mol. The van der Waals surface area contributed by atoms with E-state index in [4.69, 9.17) is 5.73 Å². The van der Waals surface area contributed by atoms with Crippen LogP contribution in [0.2, 0.25) is 0 Å². The van der Waals surface area contributed by atoms with Crippen LogP contribution in [-0.2, 0) is 6.54 Å². The maximum absolute atomic E-state index is 12.6. The molecule has 20 heavy (non-hydrogen) atoms. The average Bonchev–Trinajstić information content (AvgIpc) is 2.72. The molecule has 0 spiro atoms. The van der Waals surface area contributed by atoms with Crippen LogP contribution in [0.5, 0.6) is 0 Å². The summed E-state index contributed by atoms with van der Waals surface area (Å²) in [5, 5.41) is 0. The van der Waals surface area contributed by atoms with Gasteiger partial charge in [0.25, 0.3) is 5.91 Å². The molecule has 110 valence electrons. The molecule has 1 atom stereocenters. The fourth-order valence-corrected chi connectivity index (χ4v) is 2.90. The molecule has 2 rings (SSSR count). The van der Waals surface area contributed by atoms with Gasteiger partial charge in [0.15, 0.2) is 0 Å². The van der Waals surface area contributed by atoms with Crippen LogP contribution in [0.25, 0.3) is 0 Å². The third-order valence-corrected chi connectivity index (χ3v) is 4.28. The summed E-state index contributed by atoms with van der Waals surface area (Å²) >= 11 is 0. The average molecular weight is 275 g/mol. The van der Waals surface area contributed by atoms with Crippen LogP contribution in [0.4, 0.5) is 0 Å². The Balaban J connectivity index is 2.05. The van der Waals surface area contributed by atoms with Crippen LogP contribution in [0, 0.1) is 11.8 Å². The molecule has 0 saturated carbocycles. The Kier molecular flexibility index (Phi) is 5.12. The van der Waals surface area contributed by atoms with Crippen molar-refractivity contribution in [3.8, 4) is 0 Å². The van der Waals surface area contributed by atoms with Gasteiger partial charge in [-0.15, -0.1) is 0 Å². The lowest BCUT2D eigenvalue weighted by atomic mass is 9.89. The normalized spacial score (nSPS) is 20.0. The Morgan fingerprint density at radius 2 is 2.25 bits per heavy atom. The Hall–Kier alpha value is -1.42. The first-order valence-corrected chi connectivity index (χ1v) is 7.56. The van der Waals surface area contributed by atoms with E-state index < -0.39 is 0 Å². The lowest BCUT2D eigenvalue weighted by Gasteiger charge is -2.21. The quantitative estimate of drug-likeness (QED) is 0.921. The van der Waals surface area contributed by atoms with Crippen molar-refractivity contribution in [2.45, 2.75) is 39.7 Å². The molecule has 1 saturated heterocycles. The molecule has 0 aromatic carbocycles. The van der Waals surface area contributed by atoms with Crippen LogP contribution in [-0.4, -0.2) is 28.9 Å². The number of amides is 1. The molecule has 1 amide bonds. The molecule has 2 heterocycles. The number of carbonyl (C=O) groups is 1. The van der Waals surface area contributed by atoms with E-state index in [0.717, 1.165) is 37.5 Å². The van der Waals surface area contributed by atoms with Crippen LogP contribution >= 0.6 is 0 Å². The van der Waals surface area contributed by atoms with Gasteiger partial charge in [-0.05, 0) is 43.2 Å². The summed E-state index contributed by atoms with van der Waals surface area (Å²) in [6.07, 6.45) is 5.11. The molecule has 0 bridgehead atoms. The van der Waals surface area contributed by atoms with Crippen molar-refractivity contribution in [2.24, 2.45) is 17.6 Å². The summed E-state index contributed by atoms with van der Waals surface area (Å²) in [7, 11) is 0. The Labute approximate surface area is 121 Å². The zero-order chi connectivity index (χ0) is 14.5.